The topological polar surface area (TPSA) is 94.4 Å². The summed E-state index contributed by atoms with van der Waals surface area (Å²) in [4.78, 5) is 31.0. The number of ether oxygens (including phenoxy) is 3. The molecule has 2 aliphatic rings. The van der Waals surface area contributed by atoms with Crippen molar-refractivity contribution in [1.82, 2.24) is 0 Å². The maximum absolute atomic E-state index is 13.3. The second kappa shape index (κ2) is 9.48. The lowest BCUT2D eigenvalue weighted by molar-refractivity contribution is -0.148. The van der Waals surface area contributed by atoms with Crippen molar-refractivity contribution in [2.24, 2.45) is 10.9 Å². The van der Waals surface area contributed by atoms with Crippen molar-refractivity contribution in [3.05, 3.63) is 64.9 Å². The number of ketones is 1. The molecule has 0 bridgehead atoms. The molecule has 1 heterocycles. The number of aromatic hydroxyl groups is 1. The van der Waals surface area contributed by atoms with Crippen molar-refractivity contribution in [3.63, 3.8) is 0 Å². The van der Waals surface area contributed by atoms with E-state index in [2.05, 4.69) is 4.99 Å². The van der Waals surface area contributed by atoms with Crippen LogP contribution in [0.5, 0.6) is 17.2 Å². The van der Waals surface area contributed by atoms with Crippen molar-refractivity contribution in [2.75, 3.05) is 14.2 Å². The molecule has 33 heavy (non-hydrogen) atoms. The summed E-state index contributed by atoms with van der Waals surface area (Å²) in [5.74, 6) is -0.765. The number of phenolic OH excluding ortho intramolecular Hbond substituents is 1. The van der Waals surface area contributed by atoms with Gasteiger partial charge in [0, 0.05) is 29.3 Å². The third kappa shape index (κ3) is 4.49. The fourth-order valence-electron chi connectivity index (χ4n) is 4.53. The second-order valence-corrected chi connectivity index (χ2v) is 8.23. The van der Waals surface area contributed by atoms with E-state index in [4.69, 9.17) is 14.2 Å². The fraction of sp³-hybridized carbons (Fsp3) is 0.346. The maximum Gasteiger partial charge on any atom is 0.315 e. The molecule has 0 saturated heterocycles. The summed E-state index contributed by atoms with van der Waals surface area (Å²) in [7, 11) is 3.05. The summed E-state index contributed by atoms with van der Waals surface area (Å²) in [5, 5.41) is 10.1. The number of esters is 1. The van der Waals surface area contributed by atoms with Gasteiger partial charge in [-0.25, -0.2) is 0 Å². The number of Topliss-reactive ketones (excluding diaryl/α,β-unsaturated/α-hetero) is 1. The van der Waals surface area contributed by atoms with Crippen LogP contribution in [0, 0.1) is 5.92 Å². The molecule has 0 aromatic heterocycles. The number of allylic oxidation sites excluding steroid dienone is 2. The van der Waals surface area contributed by atoms with Gasteiger partial charge in [-0.3, -0.25) is 14.6 Å². The van der Waals surface area contributed by atoms with E-state index in [0.717, 1.165) is 23.4 Å². The lowest BCUT2D eigenvalue weighted by Crippen LogP contribution is -2.37. The van der Waals surface area contributed by atoms with Crippen LogP contribution in [0.15, 0.2) is 58.7 Å². The van der Waals surface area contributed by atoms with Gasteiger partial charge in [0.05, 0.1) is 14.2 Å². The Hall–Kier alpha value is -3.61. The van der Waals surface area contributed by atoms with Crippen molar-refractivity contribution in [2.45, 2.75) is 38.7 Å². The Morgan fingerprint density at radius 3 is 2.55 bits per heavy atom. The largest absolute Gasteiger partial charge is 0.504 e. The van der Waals surface area contributed by atoms with E-state index in [1.54, 1.807) is 38.3 Å². The zero-order valence-electron chi connectivity index (χ0n) is 19.0. The van der Waals surface area contributed by atoms with E-state index >= 15 is 0 Å². The number of methoxy groups -OCH3 is 2. The number of rotatable bonds is 6. The zero-order valence-corrected chi connectivity index (χ0v) is 19.0. The molecule has 172 valence electrons. The molecular formula is C26H27NO6. The summed E-state index contributed by atoms with van der Waals surface area (Å²) in [6, 6.07) is 12.2. The third-order valence-electron chi connectivity index (χ3n) is 6.19. The van der Waals surface area contributed by atoms with Crippen molar-refractivity contribution >= 4 is 17.5 Å². The van der Waals surface area contributed by atoms with Crippen LogP contribution in [0.1, 0.15) is 43.2 Å². The van der Waals surface area contributed by atoms with Crippen LogP contribution in [0.3, 0.4) is 0 Å². The van der Waals surface area contributed by atoms with Crippen LogP contribution in [0.4, 0.5) is 0 Å². The van der Waals surface area contributed by atoms with Gasteiger partial charge in [0.1, 0.15) is 18.3 Å². The van der Waals surface area contributed by atoms with Crippen LogP contribution in [0.25, 0.3) is 0 Å². The van der Waals surface area contributed by atoms with Gasteiger partial charge in [-0.2, -0.15) is 0 Å². The van der Waals surface area contributed by atoms with Gasteiger partial charge < -0.3 is 19.3 Å². The zero-order chi connectivity index (χ0) is 23.5. The molecule has 1 aliphatic carbocycles. The molecule has 0 fully saturated rings. The van der Waals surface area contributed by atoms with Crippen molar-refractivity contribution in [1.29, 1.82) is 0 Å². The summed E-state index contributed by atoms with van der Waals surface area (Å²) >= 11 is 0. The van der Waals surface area contributed by atoms with Crippen molar-refractivity contribution in [3.8, 4) is 17.2 Å². The van der Waals surface area contributed by atoms with Gasteiger partial charge in [0.2, 0.25) is 0 Å². The van der Waals surface area contributed by atoms with E-state index < -0.39 is 17.8 Å². The lowest BCUT2D eigenvalue weighted by Gasteiger charge is -2.34. The van der Waals surface area contributed by atoms with Crippen LogP contribution in [0.2, 0.25) is 0 Å². The first-order valence-electron chi connectivity index (χ1n) is 10.9. The molecular weight excluding hydrogens is 422 g/mol. The summed E-state index contributed by atoms with van der Waals surface area (Å²) in [5.41, 5.74) is 3.44. The predicted octanol–water partition coefficient (Wildman–Crippen LogP) is 4.33. The molecule has 7 heteroatoms. The standard InChI is InChI=1S/C26H27NO6/c1-15-23(26(30)33-14-16-7-10-18(31-2)11-8-16)24(17-9-12-20(28)22(13-17)32-3)25-19(27-15)5-4-6-21(25)29/h7-13,23-24,28H,4-6,14H2,1-3H3/t23?,24-/m0/s1. The molecule has 2 aromatic carbocycles. The van der Waals surface area contributed by atoms with Gasteiger partial charge in [-0.1, -0.05) is 18.2 Å². The van der Waals surface area contributed by atoms with E-state index in [-0.39, 0.29) is 23.9 Å². The average molecular weight is 450 g/mol. The summed E-state index contributed by atoms with van der Waals surface area (Å²) < 4.78 is 16.1. The monoisotopic (exact) mass is 449 g/mol. The Balaban J connectivity index is 1.68. The Bertz CT molecular complexity index is 1130. The first kappa shape index (κ1) is 22.6. The first-order valence-corrected chi connectivity index (χ1v) is 10.9. The van der Waals surface area contributed by atoms with Gasteiger partial charge in [0.25, 0.3) is 0 Å². The molecule has 2 aromatic rings. The molecule has 1 unspecified atom stereocenters. The highest BCUT2D eigenvalue weighted by Crippen LogP contribution is 2.45. The van der Waals surface area contributed by atoms with Gasteiger partial charge >= 0.3 is 5.97 Å². The molecule has 1 aliphatic heterocycles. The number of benzene rings is 2. The molecule has 0 radical (unpaired) electrons. The summed E-state index contributed by atoms with van der Waals surface area (Å²) in [6.07, 6.45) is 1.86. The normalized spacial score (nSPS) is 20.1. The molecule has 1 N–H and O–H groups in total. The SMILES string of the molecule is COc1ccc(COC(=O)C2C(C)=NC3=C(C(=O)CCC3)[C@H]2c2ccc(O)c(OC)c2)cc1. The Labute approximate surface area is 192 Å². The van der Waals surface area contributed by atoms with Gasteiger partial charge in [-0.05, 0) is 55.2 Å². The van der Waals surface area contributed by atoms with E-state index in [1.807, 2.05) is 12.1 Å². The molecule has 0 spiro atoms. The second-order valence-electron chi connectivity index (χ2n) is 8.23. The van der Waals surface area contributed by atoms with Gasteiger partial charge in [0.15, 0.2) is 17.3 Å². The quantitative estimate of drug-likeness (QED) is 0.660. The van der Waals surface area contributed by atoms with E-state index in [1.165, 1.54) is 13.2 Å². The van der Waals surface area contributed by atoms with E-state index in [9.17, 15) is 14.7 Å². The Morgan fingerprint density at radius 2 is 1.85 bits per heavy atom. The molecule has 0 saturated carbocycles. The minimum atomic E-state index is -0.752. The molecule has 4 rings (SSSR count). The Morgan fingerprint density at radius 1 is 1.09 bits per heavy atom. The highest BCUT2D eigenvalue weighted by atomic mass is 16.5. The highest BCUT2D eigenvalue weighted by Gasteiger charge is 2.43. The maximum atomic E-state index is 13.3. The number of nitrogens with zero attached hydrogens (tertiary/aromatic N) is 1. The first-order chi connectivity index (χ1) is 15.9. The number of carbonyl (C=O) groups is 2. The number of aliphatic imine (C=N–C) groups is 1. The third-order valence-corrected chi connectivity index (χ3v) is 6.19. The minimum absolute atomic E-state index is 0.00232. The average Bonchev–Trinajstić information content (AvgIpc) is 2.82. The van der Waals surface area contributed by atoms with Crippen LogP contribution < -0.4 is 9.47 Å². The summed E-state index contributed by atoms with van der Waals surface area (Å²) in [6.45, 7) is 1.89. The van der Waals surface area contributed by atoms with Crippen LogP contribution in [-0.4, -0.2) is 36.8 Å². The fourth-order valence-corrected chi connectivity index (χ4v) is 4.53. The number of hydrogen-bond donors (Lipinski definition) is 1. The van der Waals surface area contributed by atoms with E-state index in [0.29, 0.717) is 29.7 Å². The molecule has 2 atom stereocenters. The number of hydrogen-bond acceptors (Lipinski definition) is 7. The Kier molecular flexibility index (Phi) is 6.49. The smallest absolute Gasteiger partial charge is 0.315 e. The van der Waals surface area contributed by atoms with Crippen molar-refractivity contribution < 1.29 is 28.9 Å². The lowest BCUT2D eigenvalue weighted by atomic mass is 9.71. The van der Waals surface area contributed by atoms with Crippen LogP contribution in [-0.2, 0) is 20.9 Å². The predicted molar refractivity (Wildman–Crippen MR) is 123 cm³/mol. The van der Waals surface area contributed by atoms with Crippen LogP contribution >= 0.6 is 0 Å². The number of carbonyl (C=O) groups excluding carboxylic acids is 2. The van der Waals surface area contributed by atoms with Gasteiger partial charge in [-0.15, -0.1) is 0 Å². The highest BCUT2D eigenvalue weighted by molar-refractivity contribution is 6.08. The molecule has 7 nitrogen and oxygen atoms in total. The minimum Gasteiger partial charge on any atom is -0.504 e. The number of phenols is 1. The molecule has 0 amide bonds.